The maximum atomic E-state index is 12.6. The van der Waals surface area contributed by atoms with E-state index in [9.17, 15) is 9.59 Å². The highest BCUT2D eigenvalue weighted by Gasteiger charge is 2.09. The van der Waals surface area contributed by atoms with Gasteiger partial charge in [-0.1, -0.05) is 13.8 Å². The minimum atomic E-state index is -0.192. The van der Waals surface area contributed by atoms with Gasteiger partial charge in [-0.05, 0) is 18.9 Å². The van der Waals surface area contributed by atoms with Crippen LogP contribution in [-0.4, -0.2) is 21.1 Å². The molecule has 0 saturated carbocycles. The second kappa shape index (κ2) is 7.00. The Morgan fingerprint density at radius 3 is 2.83 bits per heavy atom. The van der Waals surface area contributed by atoms with E-state index in [1.54, 1.807) is 6.20 Å². The highest BCUT2D eigenvalue weighted by Crippen LogP contribution is 2.21. The Labute approximate surface area is 142 Å². The first-order valence-corrected chi connectivity index (χ1v) is 8.76. The first kappa shape index (κ1) is 16.4. The fraction of sp³-hybridized carbons (Fsp3) is 0.353. The van der Waals surface area contributed by atoms with Crippen LogP contribution in [0.4, 0.5) is 0 Å². The van der Waals surface area contributed by atoms with Crippen LogP contribution >= 0.6 is 11.3 Å². The van der Waals surface area contributed by atoms with E-state index in [1.165, 1.54) is 28.3 Å². The predicted octanol–water partition coefficient (Wildman–Crippen LogP) is 2.55. The molecule has 3 heterocycles. The average molecular weight is 345 g/mol. The van der Waals surface area contributed by atoms with E-state index < -0.39 is 0 Å². The number of rotatable bonds is 6. The zero-order valence-corrected chi connectivity index (χ0v) is 14.5. The Balaban J connectivity index is 1.89. The van der Waals surface area contributed by atoms with Crippen LogP contribution in [0.1, 0.15) is 30.8 Å². The van der Waals surface area contributed by atoms with Crippen LogP contribution in [0, 0.1) is 0 Å². The van der Waals surface area contributed by atoms with Crippen molar-refractivity contribution >= 4 is 21.6 Å². The van der Waals surface area contributed by atoms with Crippen LogP contribution in [0.5, 0.6) is 5.75 Å². The van der Waals surface area contributed by atoms with Crippen LogP contribution < -0.4 is 15.7 Å². The highest BCUT2D eigenvalue weighted by molar-refractivity contribution is 7.18. The number of nitrogens with one attached hydrogen (secondary N) is 1. The smallest absolute Gasteiger partial charge is 0.262 e. The Morgan fingerprint density at radius 2 is 2.12 bits per heavy atom. The van der Waals surface area contributed by atoms with Gasteiger partial charge in [-0.25, -0.2) is 4.98 Å². The van der Waals surface area contributed by atoms with E-state index in [0.29, 0.717) is 23.4 Å². The lowest BCUT2D eigenvalue weighted by Crippen LogP contribution is -2.22. The molecule has 24 heavy (non-hydrogen) atoms. The van der Waals surface area contributed by atoms with Gasteiger partial charge in [-0.3, -0.25) is 14.2 Å². The Bertz CT molecular complexity index is 971. The number of thiophene rings is 1. The van der Waals surface area contributed by atoms with Gasteiger partial charge in [0, 0.05) is 22.8 Å². The van der Waals surface area contributed by atoms with Gasteiger partial charge in [0.25, 0.3) is 5.56 Å². The standard InChI is InChI=1S/C17H19N3O3S/c1-3-5-23-15-8-18-11(6-14(15)21)9-20-10-19-16-13(17(20)22)7-12(4-2)24-16/h6-8,10H,3-5,9H2,1-2H3,(H,18,21). The van der Waals surface area contributed by atoms with Crippen molar-refractivity contribution in [1.29, 1.82) is 0 Å². The van der Waals surface area contributed by atoms with Crippen molar-refractivity contribution in [3.05, 3.63) is 55.8 Å². The molecule has 0 spiro atoms. The lowest BCUT2D eigenvalue weighted by molar-refractivity contribution is 0.313. The third kappa shape index (κ3) is 3.26. The van der Waals surface area contributed by atoms with Crippen molar-refractivity contribution in [3.8, 4) is 5.75 Å². The summed E-state index contributed by atoms with van der Waals surface area (Å²) in [6.45, 7) is 4.80. The molecule has 1 N–H and O–H groups in total. The molecule has 3 aromatic rings. The Kier molecular flexibility index (Phi) is 4.80. The number of pyridine rings is 1. The number of fused-ring (bicyclic) bond motifs is 1. The van der Waals surface area contributed by atoms with Gasteiger partial charge >= 0.3 is 0 Å². The minimum absolute atomic E-state index is 0.0943. The molecule has 0 aliphatic rings. The summed E-state index contributed by atoms with van der Waals surface area (Å²) < 4.78 is 6.87. The Hall–Kier alpha value is -2.41. The van der Waals surface area contributed by atoms with E-state index in [2.05, 4.69) is 16.9 Å². The van der Waals surface area contributed by atoms with Gasteiger partial charge < -0.3 is 9.72 Å². The lowest BCUT2D eigenvalue weighted by Gasteiger charge is -2.07. The largest absolute Gasteiger partial charge is 0.488 e. The zero-order chi connectivity index (χ0) is 17.1. The molecule has 0 aliphatic heterocycles. The number of aryl methyl sites for hydroxylation is 1. The molecule has 6 nitrogen and oxygen atoms in total. The van der Waals surface area contributed by atoms with E-state index in [-0.39, 0.29) is 17.5 Å². The summed E-state index contributed by atoms with van der Waals surface area (Å²) in [6.07, 6.45) is 4.79. The van der Waals surface area contributed by atoms with Crippen molar-refractivity contribution in [2.75, 3.05) is 6.61 Å². The van der Waals surface area contributed by atoms with Gasteiger partial charge in [-0.2, -0.15) is 0 Å². The summed E-state index contributed by atoms with van der Waals surface area (Å²) in [4.78, 5) is 33.9. The second-order valence-corrected chi connectivity index (χ2v) is 6.61. The number of ether oxygens (including phenoxy) is 1. The number of aromatic nitrogens is 3. The summed E-state index contributed by atoms with van der Waals surface area (Å²) in [5.41, 5.74) is 0.351. The van der Waals surface area contributed by atoms with Crippen LogP contribution in [-0.2, 0) is 13.0 Å². The molecule has 0 aliphatic carbocycles. The van der Waals surface area contributed by atoms with E-state index in [1.807, 2.05) is 13.0 Å². The molecule has 0 radical (unpaired) electrons. The van der Waals surface area contributed by atoms with Gasteiger partial charge in [0.1, 0.15) is 4.83 Å². The van der Waals surface area contributed by atoms with E-state index >= 15 is 0 Å². The predicted molar refractivity (Wildman–Crippen MR) is 95.2 cm³/mol. The van der Waals surface area contributed by atoms with Crippen LogP contribution in [0.2, 0.25) is 0 Å². The number of hydrogen-bond donors (Lipinski definition) is 1. The molecule has 0 unspecified atom stereocenters. The number of nitrogens with zero attached hydrogens (tertiary/aromatic N) is 2. The molecule has 0 amide bonds. The van der Waals surface area contributed by atoms with Crippen LogP contribution in [0.25, 0.3) is 10.2 Å². The lowest BCUT2D eigenvalue weighted by atomic mass is 10.3. The van der Waals surface area contributed by atoms with Gasteiger partial charge in [-0.15, -0.1) is 11.3 Å². The first-order valence-electron chi connectivity index (χ1n) is 7.94. The zero-order valence-electron chi connectivity index (χ0n) is 13.7. The molecule has 0 aromatic carbocycles. The van der Waals surface area contributed by atoms with Gasteiger partial charge in [0.05, 0.1) is 24.9 Å². The summed E-state index contributed by atoms with van der Waals surface area (Å²) in [5, 5.41) is 0.629. The molecule has 3 rings (SSSR count). The topological polar surface area (TPSA) is 77.0 Å². The summed E-state index contributed by atoms with van der Waals surface area (Å²) in [6, 6.07) is 3.36. The first-order chi connectivity index (χ1) is 11.6. The molecule has 0 bridgehead atoms. The minimum Gasteiger partial charge on any atom is -0.488 e. The van der Waals surface area contributed by atoms with Gasteiger partial charge in [0.2, 0.25) is 5.43 Å². The molecular weight excluding hydrogens is 326 g/mol. The molecule has 3 aromatic heterocycles. The molecule has 126 valence electrons. The Morgan fingerprint density at radius 1 is 1.29 bits per heavy atom. The molecule has 0 saturated heterocycles. The quantitative estimate of drug-likeness (QED) is 0.745. The molecule has 0 fully saturated rings. The van der Waals surface area contributed by atoms with Crippen molar-refractivity contribution < 1.29 is 4.74 Å². The average Bonchev–Trinajstić information content (AvgIpc) is 3.01. The SMILES string of the molecule is CCCOc1c[nH]c(Cn2cnc3sc(CC)cc3c2=O)cc1=O. The summed E-state index contributed by atoms with van der Waals surface area (Å²) >= 11 is 1.54. The second-order valence-electron chi connectivity index (χ2n) is 5.50. The molecule has 0 atom stereocenters. The fourth-order valence-corrected chi connectivity index (χ4v) is 3.32. The molecular formula is C17H19N3O3S. The fourth-order valence-electron chi connectivity index (χ4n) is 2.40. The summed E-state index contributed by atoms with van der Waals surface area (Å²) in [7, 11) is 0. The number of H-pyrrole nitrogens is 1. The monoisotopic (exact) mass is 345 g/mol. The maximum absolute atomic E-state index is 12.6. The number of aromatic amines is 1. The number of hydrogen-bond acceptors (Lipinski definition) is 5. The van der Waals surface area contributed by atoms with Crippen LogP contribution in [0.3, 0.4) is 0 Å². The third-order valence-corrected chi connectivity index (χ3v) is 4.84. The van der Waals surface area contributed by atoms with Crippen LogP contribution in [0.15, 0.2) is 34.2 Å². The van der Waals surface area contributed by atoms with Crippen molar-refractivity contribution in [3.63, 3.8) is 0 Å². The van der Waals surface area contributed by atoms with E-state index in [0.717, 1.165) is 22.5 Å². The highest BCUT2D eigenvalue weighted by atomic mass is 32.1. The van der Waals surface area contributed by atoms with Crippen molar-refractivity contribution in [2.45, 2.75) is 33.2 Å². The summed E-state index contributed by atoms with van der Waals surface area (Å²) in [5.74, 6) is 0.298. The molecule has 7 heteroatoms. The maximum Gasteiger partial charge on any atom is 0.262 e. The van der Waals surface area contributed by atoms with Crippen molar-refractivity contribution in [2.24, 2.45) is 0 Å². The van der Waals surface area contributed by atoms with Crippen molar-refractivity contribution in [1.82, 2.24) is 14.5 Å². The van der Waals surface area contributed by atoms with Gasteiger partial charge in [0.15, 0.2) is 5.75 Å². The van der Waals surface area contributed by atoms with E-state index in [4.69, 9.17) is 4.74 Å². The normalized spacial score (nSPS) is 11.1. The third-order valence-electron chi connectivity index (χ3n) is 3.66.